The van der Waals surface area contributed by atoms with E-state index in [0.29, 0.717) is 45.7 Å². The molecule has 0 spiro atoms. The highest BCUT2D eigenvalue weighted by molar-refractivity contribution is 7.88. The van der Waals surface area contributed by atoms with Gasteiger partial charge >= 0.3 is 0 Å². The third-order valence-corrected chi connectivity index (χ3v) is 7.05. The van der Waals surface area contributed by atoms with Gasteiger partial charge < -0.3 is 14.0 Å². The van der Waals surface area contributed by atoms with E-state index in [1.54, 1.807) is 18.3 Å². The molecular formula is C25H27ClN6O4S. The molecule has 1 aliphatic rings. The Labute approximate surface area is 220 Å². The number of hydrogen-bond donors (Lipinski definition) is 1. The standard InChI is InChI=1S/C25H27ClN6O4S/c1-16-6-9-27-17(12-16)14-32-22(31-21-23(32)28-15-29-24(21)36-25(2)7-8-25)19-5-4-18(13-20(19)26)35-11-10-30-37(3,33)34/h4-6,9,12-13,15,30H,7-8,10-11,14H2,1-3H3. The maximum Gasteiger partial charge on any atom is 0.245 e. The zero-order valence-corrected chi connectivity index (χ0v) is 22.3. The van der Waals surface area contributed by atoms with Crippen molar-refractivity contribution in [1.29, 1.82) is 0 Å². The fourth-order valence-electron chi connectivity index (χ4n) is 3.87. The van der Waals surface area contributed by atoms with Crippen molar-refractivity contribution in [3.8, 4) is 23.0 Å². The van der Waals surface area contributed by atoms with Gasteiger partial charge in [0, 0.05) is 18.3 Å². The van der Waals surface area contributed by atoms with Crippen molar-refractivity contribution >= 4 is 32.8 Å². The number of imidazole rings is 1. The molecule has 0 radical (unpaired) electrons. The SMILES string of the molecule is Cc1ccnc(Cn2c(-c3ccc(OCCNS(C)(=O)=O)cc3Cl)nc3c(OC4(C)CC4)ncnc32)c1. The van der Waals surface area contributed by atoms with Crippen LogP contribution in [0.25, 0.3) is 22.6 Å². The number of sulfonamides is 1. The van der Waals surface area contributed by atoms with Crippen molar-refractivity contribution in [2.45, 2.75) is 38.8 Å². The summed E-state index contributed by atoms with van der Waals surface area (Å²) in [4.78, 5) is 18.3. The van der Waals surface area contributed by atoms with Crippen molar-refractivity contribution in [1.82, 2.24) is 29.2 Å². The molecule has 37 heavy (non-hydrogen) atoms. The third-order valence-electron chi connectivity index (χ3n) is 6.00. The summed E-state index contributed by atoms with van der Waals surface area (Å²) >= 11 is 6.71. The number of nitrogens with zero attached hydrogens (tertiary/aromatic N) is 5. The quantitative estimate of drug-likeness (QED) is 0.301. The Hall–Kier alpha value is -3.28. The van der Waals surface area contributed by atoms with Crippen LogP contribution >= 0.6 is 11.6 Å². The number of rotatable bonds is 10. The molecule has 5 rings (SSSR count). The van der Waals surface area contributed by atoms with Gasteiger partial charge in [-0.2, -0.15) is 4.98 Å². The number of ether oxygens (including phenoxy) is 2. The topological polar surface area (TPSA) is 121 Å². The van der Waals surface area contributed by atoms with Crippen LogP contribution in [0.1, 0.15) is 31.0 Å². The average Bonchev–Trinajstić information content (AvgIpc) is 3.45. The lowest BCUT2D eigenvalue weighted by molar-refractivity contribution is 0.194. The highest BCUT2D eigenvalue weighted by Crippen LogP contribution is 2.41. The third kappa shape index (κ3) is 6.00. The van der Waals surface area contributed by atoms with Crippen LogP contribution in [0.2, 0.25) is 5.02 Å². The summed E-state index contributed by atoms with van der Waals surface area (Å²) in [5.41, 5.74) is 3.58. The minimum absolute atomic E-state index is 0.151. The van der Waals surface area contributed by atoms with Crippen LogP contribution < -0.4 is 14.2 Å². The minimum atomic E-state index is -3.28. The summed E-state index contributed by atoms with van der Waals surface area (Å²) in [6, 6.07) is 9.23. The Morgan fingerprint density at radius 1 is 1.16 bits per heavy atom. The number of halogens is 1. The molecule has 0 unspecified atom stereocenters. The lowest BCUT2D eigenvalue weighted by Crippen LogP contribution is -2.26. The fourth-order valence-corrected chi connectivity index (χ4v) is 4.58. The molecule has 1 aromatic carbocycles. The summed E-state index contributed by atoms with van der Waals surface area (Å²) < 4.78 is 38.7. The molecule has 3 aromatic heterocycles. The molecule has 1 fully saturated rings. The maximum absolute atomic E-state index is 11.2. The molecule has 12 heteroatoms. The lowest BCUT2D eigenvalue weighted by atomic mass is 10.2. The Balaban J connectivity index is 1.51. The van der Waals surface area contributed by atoms with Crippen molar-refractivity contribution in [2.75, 3.05) is 19.4 Å². The van der Waals surface area contributed by atoms with E-state index in [2.05, 4.69) is 26.6 Å². The zero-order valence-electron chi connectivity index (χ0n) is 20.7. The molecule has 0 bridgehead atoms. The van der Waals surface area contributed by atoms with Crippen molar-refractivity contribution < 1.29 is 17.9 Å². The van der Waals surface area contributed by atoms with Crippen LogP contribution in [0.5, 0.6) is 11.6 Å². The average molecular weight is 543 g/mol. The van der Waals surface area contributed by atoms with Crippen molar-refractivity contribution in [2.24, 2.45) is 0 Å². The van der Waals surface area contributed by atoms with E-state index in [0.717, 1.165) is 30.4 Å². The van der Waals surface area contributed by atoms with E-state index in [1.807, 2.05) is 29.7 Å². The Morgan fingerprint density at radius 2 is 1.97 bits per heavy atom. The smallest absolute Gasteiger partial charge is 0.245 e. The van der Waals surface area contributed by atoms with E-state index in [9.17, 15) is 8.42 Å². The summed E-state index contributed by atoms with van der Waals surface area (Å²) in [6.07, 6.45) is 6.29. The largest absolute Gasteiger partial charge is 0.492 e. The number of aromatic nitrogens is 5. The maximum atomic E-state index is 11.2. The van der Waals surface area contributed by atoms with Gasteiger partial charge in [-0.05, 0) is 62.6 Å². The van der Waals surface area contributed by atoms with Crippen LogP contribution in [0.4, 0.5) is 0 Å². The molecule has 194 valence electrons. The molecule has 1 saturated carbocycles. The Morgan fingerprint density at radius 3 is 2.68 bits per heavy atom. The highest BCUT2D eigenvalue weighted by Gasteiger charge is 2.41. The number of benzene rings is 1. The first-order chi connectivity index (χ1) is 17.6. The number of fused-ring (bicyclic) bond motifs is 1. The first kappa shape index (κ1) is 25.4. The minimum Gasteiger partial charge on any atom is -0.492 e. The lowest BCUT2D eigenvalue weighted by Gasteiger charge is -2.12. The van der Waals surface area contributed by atoms with Crippen LogP contribution in [-0.2, 0) is 16.6 Å². The normalized spacial score (nSPS) is 14.6. The van der Waals surface area contributed by atoms with Gasteiger partial charge in [0.1, 0.15) is 30.1 Å². The van der Waals surface area contributed by atoms with Crippen molar-refractivity contribution in [3.05, 3.63) is 59.1 Å². The number of pyridine rings is 1. The highest BCUT2D eigenvalue weighted by atomic mass is 35.5. The van der Waals surface area contributed by atoms with Gasteiger partial charge in [0.2, 0.25) is 15.9 Å². The molecule has 0 amide bonds. The predicted molar refractivity (Wildman–Crippen MR) is 140 cm³/mol. The molecular weight excluding hydrogens is 516 g/mol. The van der Waals surface area contributed by atoms with Gasteiger partial charge in [-0.25, -0.2) is 23.1 Å². The van der Waals surface area contributed by atoms with E-state index in [1.165, 1.54) is 6.33 Å². The van der Waals surface area contributed by atoms with Gasteiger partial charge in [-0.15, -0.1) is 0 Å². The Kier molecular flexibility index (Phi) is 6.78. The molecule has 1 N–H and O–H groups in total. The number of aryl methyl sites for hydroxylation is 1. The number of nitrogens with one attached hydrogen (secondary N) is 1. The summed E-state index contributed by atoms with van der Waals surface area (Å²) in [5, 5.41) is 0.423. The monoisotopic (exact) mass is 542 g/mol. The van der Waals surface area contributed by atoms with Gasteiger partial charge in [0.15, 0.2) is 11.2 Å². The van der Waals surface area contributed by atoms with E-state index < -0.39 is 10.0 Å². The van der Waals surface area contributed by atoms with E-state index in [4.69, 9.17) is 26.1 Å². The van der Waals surface area contributed by atoms with Gasteiger partial charge in [-0.1, -0.05) is 11.6 Å². The second-order valence-corrected chi connectivity index (χ2v) is 11.6. The fraction of sp³-hybridized carbons (Fsp3) is 0.360. The van der Waals surface area contributed by atoms with Crippen LogP contribution in [0.3, 0.4) is 0 Å². The summed E-state index contributed by atoms with van der Waals surface area (Å²) in [6.45, 7) is 4.81. The molecule has 0 saturated heterocycles. The molecule has 3 heterocycles. The predicted octanol–water partition coefficient (Wildman–Crippen LogP) is 3.76. The van der Waals surface area contributed by atoms with Gasteiger partial charge in [0.25, 0.3) is 0 Å². The molecule has 1 aliphatic carbocycles. The van der Waals surface area contributed by atoms with E-state index >= 15 is 0 Å². The zero-order chi connectivity index (χ0) is 26.2. The second kappa shape index (κ2) is 9.88. The molecule has 0 aliphatic heterocycles. The molecule has 0 atom stereocenters. The van der Waals surface area contributed by atoms with Crippen LogP contribution in [0.15, 0.2) is 42.9 Å². The van der Waals surface area contributed by atoms with Crippen LogP contribution in [0, 0.1) is 6.92 Å². The van der Waals surface area contributed by atoms with Gasteiger partial charge in [0.05, 0.1) is 23.5 Å². The first-order valence-electron chi connectivity index (χ1n) is 11.8. The van der Waals surface area contributed by atoms with Crippen molar-refractivity contribution in [3.63, 3.8) is 0 Å². The van der Waals surface area contributed by atoms with E-state index in [-0.39, 0.29) is 18.8 Å². The summed E-state index contributed by atoms with van der Waals surface area (Å²) in [7, 11) is -3.28. The first-order valence-corrected chi connectivity index (χ1v) is 14.1. The molecule has 10 nitrogen and oxygen atoms in total. The summed E-state index contributed by atoms with van der Waals surface area (Å²) in [5.74, 6) is 1.55. The number of hydrogen-bond acceptors (Lipinski definition) is 8. The van der Waals surface area contributed by atoms with Crippen LogP contribution in [-0.4, -0.2) is 57.9 Å². The van der Waals surface area contributed by atoms with Gasteiger partial charge in [-0.3, -0.25) is 4.98 Å². The molecule has 4 aromatic rings. The second-order valence-electron chi connectivity index (χ2n) is 9.41. The Bertz CT molecular complexity index is 1570.